The monoisotopic (exact) mass is 272 g/mol. The van der Waals surface area contributed by atoms with Crippen LogP contribution in [0.1, 0.15) is 19.3 Å². The molecule has 0 radical (unpaired) electrons. The molecule has 0 aromatic rings. The number of rotatable bonds is 2. The zero-order valence-electron chi connectivity index (χ0n) is 9.36. The molecule has 1 atom stereocenters. The molecular weight excluding hydrogens is 259 g/mol. The average molecular weight is 272 g/mol. The Kier molecular flexibility index (Phi) is 3.25. The number of alkyl halides is 5. The molecule has 2 N–H and O–H groups in total. The lowest BCUT2D eigenvalue weighted by Gasteiger charge is -2.37. The van der Waals surface area contributed by atoms with Crippen molar-refractivity contribution in [2.24, 2.45) is 5.92 Å². The molecule has 1 amide bonds. The first kappa shape index (κ1) is 13.5. The summed E-state index contributed by atoms with van der Waals surface area (Å²) in [5.74, 6) is -4.95. The van der Waals surface area contributed by atoms with Gasteiger partial charge in [-0.05, 0) is 12.8 Å². The van der Waals surface area contributed by atoms with E-state index in [1.807, 2.05) is 0 Å². The molecule has 1 saturated heterocycles. The Labute approximate surface area is 100 Å². The van der Waals surface area contributed by atoms with Crippen molar-refractivity contribution in [1.29, 1.82) is 0 Å². The maximum atomic E-state index is 12.8. The Morgan fingerprint density at radius 1 is 1.28 bits per heavy atom. The van der Waals surface area contributed by atoms with Crippen LogP contribution in [0.4, 0.5) is 22.0 Å². The molecule has 0 unspecified atom stereocenters. The molecule has 1 heterocycles. The fourth-order valence-corrected chi connectivity index (χ4v) is 2.21. The van der Waals surface area contributed by atoms with Crippen molar-refractivity contribution in [1.82, 2.24) is 10.6 Å². The highest BCUT2D eigenvalue weighted by molar-refractivity contribution is 5.82. The van der Waals surface area contributed by atoms with E-state index in [-0.39, 0.29) is 12.8 Å². The molecule has 2 fully saturated rings. The largest absolute Gasteiger partial charge is 0.391 e. The minimum Gasteiger partial charge on any atom is -0.352 e. The first-order valence-electron chi connectivity index (χ1n) is 5.66. The van der Waals surface area contributed by atoms with Crippen LogP contribution < -0.4 is 10.6 Å². The molecule has 0 aromatic carbocycles. The fourth-order valence-electron chi connectivity index (χ4n) is 2.21. The second-order valence-electron chi connectivity index (χ2n) is 4.91. The van der Waals surface area contributed by atoms with E-state index >= 15 is 0 Å². The Balaban J connectivity index is 1.74. The summed E-state index contributed by atoms with van der Waals surface area (Å²) in [6.45, 7) is -0.569. The van der Waals surface area contributed by atoms with Gasteiger partial charge in [-0.3, -0.25) is 10.1 Å². The van der Waals surface area contributed by atoms with E-state index in [9.17, 15) is 26.7 Å². The molecule has 18 heavy (non-hydrogen) atoms. The van der Waals surface area contributed by atoms with E-state index in [1.165, 1.54) is 0 Å². The number of amides is 1. The third-order valence-electron chi connectivity index (χ3n) is 3.37. The summed E-state index contributed by atoms with van der Waals surface area (Å²) in [7, 11) is 0. The van der Waals surface area contributed by atoms with Gasteiger partial charge in [0.2, 0.25) is 5.91 Å². The third kappa shape index (κ3) is 2.90. The molecule has 2 rings (SSSR count). The van der Waals surface area contributed by atoms with Crippen LogP contribution in [0.3, 0.4) is 0 Å². The van der Waals surface area contributed by atoms with Gasteiger partial charge in [-0.1, -0.05) is 0 Å². The van der Waals surface area contributed by atoms with Crippen LogP contribution in [0.15, 0.2) is 0 Å². The smallest absolute Gasteiger partial charge is 0.352 e. The number of halogens is 5. The molecule has 8 heteroatoms. The van der Waals surface area contributed by atoms with Gasteiger partial charge in [0.05, 0.1) is 18.5 Å². The Hall–Kier alpha value is -0.920. The van der Waals surface area contributed by atoms with Crippen molar-refractivity contribution in [3.05, 3.63) is 0 Å². The fraction of sp³-hybridized carbons (Fsp3) is 0.900. The standard InChI is InChI=1S/C10H13F5N2O/c11-9(12)3-7(16-4-9)8(18)17-6-1-5(2-6)10(13,14)15/h5-7,16H,1-4H2,(H,17,18)/t5?,6?,7-/m1/s1. The topological polar surface area (TPSA) is 41.1 Å². The van der Waals surface area contributed by atoms with Gasteiger partial charge in [0.15, 0.2) is 0 Å². The van der Waals surface area contributed by atoms with Crippen molar-refractivity contribution in [3.63, 3.8) is 0 Å². The van der Waals surface area contributed by atoms with E-state index in [0.29, 0.717) is 0 Å². The molecule has 1 saturated carbocycles. The summed E-state index contributed by atoms with van der Waals surface area (Å²) in [5, 5.41) is 4.72. The summed E-state index contributed by atoms with van der Waals surface area (Å²) in [6, 6.07) is -1.56. The van der Waals surface area contributed by atoms with Crippen molar-refractivity contribution >= 4 is 5.91 Å². The van der Waals surface area contributed by atoms with E-state index < -0.39 is 49.0 Å². The first-order chi connectivity index (χ1) is 8.17. The Morgan fingerprint density at radius 2 is 1.89 bits per heavy atom. The molecule has 1 aliphatic carbocycles. The van der Waals surface area contributed by atoms with Crippen LogP contribution in [0, 0.1) is 5.92 Å². The van der Waals surface area contributed by atoms with Crippen LogP contribution in [0.25, 0.3) is 0 Å². The van der Waals surface area contributed by atoms with Crippen LogP contribution in [-0.4, -0.2) is 36.6 Å². The summed E-state index contributed by atoms with van der Waals surface area (Å²) in [6.07, 6.45) is -5.18. The van der Waals surface area contributed by atoms with Crippen LogP contribution in [0.2, 0.25) is 0 Å². The molecule has 104 valence electrons. The highest BCUT2D eigenvalue weighted by atomic mass is 19.4. The zero-order valence-corrected chi connectivity index (χ0v) is 9.36. The lowest BCUT2D eigenvalue weighted by molar-refractivity contribution is -0.199. The van der Waals surface area contributed by atoms with Crippen molar-refractivity contribution in [2.45, 2.75) is 43.4 Å². The van der Waals surface area contributed by atoms with Gasteiger partial charge in [0, 0.05) is 12.5 Å². The number of carbonyl (C=O) groups excluding carboxylic acids is 1. The summed E-state index contributed by atoms with van der Waals surface area (Å²) in [4.78, 5) is 11.5. The molecule has 0 aromatic heterocycles. The van der Waals surface area contributed by atoms with E-state index in [0.717, 1.165) is 0 Å². The Bertz CT molecular complexity index is 338. The molecule has 1 aliphatic heterocycles. The van der Waals surface area contributed by atoms with E-state index in [1.54, 1.807) is 0 Å². The van der Waals surface area contributed by atoms with Crippen LogP contribution >= 0.6 is 0 Å². The van der Waals surface area contributed by atoms with Crippen molar-refractivity contribution < 1.29 is 26.7 Å². The van der Waals surface area contributed by atoms with Gasteiger partial charge in [-0.15, -0.1) is 0 Å². The van der Waals surface area contributed by atoms with Gasteiger partial charge in [-0.2, -0.15) is 13.2 Å². The van der Waals surface area contributed by atoms with Gasteiger partial charge in [0.25, 0.3) is 5.92 Å². The zero-order chi connectivity index (χ0) is 13.6. The molecular formula is C10H13F5N2O. The highest BCUT2D eigenvalue weighted by Crippen LogP contribution is 2.41. The van der Waals surface area contributed by atoms with Crippen molar-refractivity contribution in [3.8, 4) is 0 Å². The summed E-state index contributed by atoms with van der Waals surface area (Å²) in [5.41, 5.74) is 0. The normalized spacial score (nSPS) is 35.1. The van der Waals surface area contributed by atoms with Crippen LogP contribution in [-0.2, 0) is 4.79 Å². The van der Waals surface area contributed by atoms with E-state index in [4.69, 9.17) is 0 Å². The summed E-state index contributed by atoms with van der Waals surface area (Å²) >= 11 is 0. The first-order valence-corrected chi connectivity index (χ1v) is 5.66. The number of carbonyl (C=O) groups is 1. The molecule has 0 spiro atoms. The predicted octanol–water partition coefficient (Wildman–Crippen LogP) is 1.44. The maximum absolute atomic E-state index is 12.8. The molecule has 2 aliphatic rings. The van der Waals surface area contributed by atoms with Gasteiger partial charge >= 0.3 is 6.18 Å². The predicted molar refractivity (Wildman–Crippen MR) is 52.1 cm³/mol. The van der Waals surface area contributed by atoms with Gasteiger partial charge in [0.1, 0.15) is 0 Å². The minimum absolute atomic E-state index is 0.168. The molecule has 0 bridgehead atoms. The second-order valence-corrected chi connectivity index (χ2v) is 4.91. The SMILES string of the molecule is O=C(NC1CC(C(F)(F)F)C1)[C@H]1CC(F)(F)CN1. The maximum Gasteiger partial charge on any atom is 0.391 e. The van der Waals surface area contributed by atoms with Gasteiger partial charge in [-0.25, -0.2) is 8.78 Å². The number of hydrogen-bond acceptors (Lipinski definition) is 2. The van der Waals surface area contributed by atoms with Crippen LogP contribution in [0.5, 0.6) is 0 Å². The minimum atomic E-state index is -4.24. The molecule has 3 nitrogen and oxygen atoms in total. The quantitative estimate of drug-likeness (QED) is 0.747. The highest BCUT2D eigenvalue weighted by Gasteiger charge is 2.49. The van der Waals surface area contributed by atoms with Gasteiger partial charge < -0.3 is 5.32 Å². The number of hydrogen-bond donors (Lipinski definition) is 2. The van der Waals surface area contributed by atoms with Crippen molar-refractivity contribution in [2.75, 3.05) is 6.54 Å². The number of nitrogens with one attached hydrogen (secondary N) is 2. The lowest BCUT2D eigenvalue weighted by Crippen LogP contribution is -2.52. The Morgan fingerprint density at radius 3 is 2.33 bits per heavy atom. The van der Waals surface area contributed by atoms with E-state index in [2.05, 4.69) is 10.6 Å². The second kappa shape index (κ2) is 4.32. The third-order valence-corrected chi connectivity index (χ3v) is 3.37. The average Bonchev–Trinajstić information content (AvgIpc) is 2.49. The summed E-state index contributed by atoms with van der Waals surface area (Å²) < 4.78 is 62.2. The lowest BCUT2D eigenvalue weighted by atomic mass is 9.79.